The fraction of sp³-hybridized carbons (Fsp3) is 0.323. The molecule has 0 heterocycles. The van der Waals surface area contributed by atoms with Crippen molar-refractivity contribution < 1.29 is 39.7 Å². The second-order valence-corrected chi connectivity index (χ2v) is 11.6. The van der Waals surface area contributed by atoms with Crippen molar-refractivity contribution in [2.45, 2.75) is 24.5 Å². The quantitative estimate of drug-likeness (QED) is 0.146. The molecule has 4 atom stereocenters. The third-order valence-electron chi connectivity index (χ3n) is 8.60. The van der Waals surface area contributed by atoms with Gasteiger partial charge in [-0.3, -0.25) is 29.4 Å². The topological polar surface area (TPSA) is 208 Å². The van der Waals surface area contributed by atoms with E-state index < -0.39 is 68.7 Å². The summed E-state index contributed by atoms with van der Waals surface area (Å²) in [7, 11) is 6.57. The molecule has 6 N–H and O–H groups in total. The second-order valence-electron chi connectivity index (χ2n) is 11.6. The van der Waals surface area contributed by atoms with Crippen LogP contribution in [0.25, 0.3) is 5.76 Å². The average Bonchev–Trinajstić information content (AvgIpc) is 2.94. The molecule has 1 amide bonds. The molecule has 44 heavy (non-hydrogen) atoms. The number of anilines is 1. The lowest BCUT2D eigenvalue weighted by molar-refractivity contribution is -0.384. The van der Waals surface area contributed by atoms with Crippen LogP contribution in [0, 0.1) is 33.8 Å². The summed E-state index contributed by atoms with van der Waals surface area (Å²) < 4.78 is 0. The van der Waals surface area contributed by atoms with Crippen LogP contribution in [0.2, 0.25) is 0 Å². The molecular weight excluding hydrogens is 572 g/mol. The molecule has 0 radical (unpaired) electrons. The molecule has 0 aromatic heterocycles. The molecule has 0 spiro atoms. The maximum atomic E-state index is 14.1. The zero-order valence-electron chi connectivity index (χ0n) is 24.3. The molecule has 13 heteroatoms. The highest BCUT2D eigenvalue weighted by Gasteiger charge is 2.64. The number of hydrogen-bond donors (Lipinski definition) is 5. The fourth-order valence-electron chi connectivity index (χ4n) is 6.59. The van der Waals surface area contributed by atoms with Crippen molar-refractivity contribution in [2.24, 2.45) is 17.6 Å². The number of rotatable bonds is 4. The minimum absolute atomic E-state index is 0.0267. The van der Waals surface area contributed by atoms with Gasteiger partial charge in [-0.25, -0.2) is 0 Å². The van der Waals surface area contributed by atoms with E-state index in [0.717, 1.165) is 0 Å². The lowest BCUT2D eigenvalue weighted by atomic mass is 9.57. The standard InChI is InChI=1S/C31H30N4O9/c1-33(2)20-13-15(8-5-14-6-9-17(10-7-14)35(43)44)25(36)22-18(20)11-16-12-19-24(34(3)4)27(38)23(30(32)41)29(40)31(19,42)28(39)21(16)26(22)37/h6-7,9-10,13,16,19,24,36-37,40,42H,11-12H2,1-4H3,(H2,32,41)/t16-,19-,24-,31-/m0/s1. The molecule has 1 saturated carbocycles. The Morgan fingerprint density at radius 3 is 2.27 bits per heavy atom. The number of aliphatic hydroxyl groups excluding tert-OH is 2. The van der Waals surface area contributed by atoms with E-state index >= 15 is 0 Å². The first-order chi connectivity index (χ1) is 20.6. The molecule has 3 aliphatic carbocycles. The fourth-order valence-corrected chi connectivity index (χ4v) is 6.59. The molecule has 13 nitrogen and oxygen atoms in total. The number of benzene rings is 2. The monoisotopic (exact) mass is 602 g/mol. The number of fused-ring (bicyclic) bond motifs is 3. The van der Waals surface area contributed by atoms with Crippen LogP contribution in [-0.2, 0) is 20.8 Å². The second kappa shape index (κ2) is 10.5. The van der Waals surface area contributed by atoms with Crippen molar-refractivity contribution in [2.75, 3.05) is 33.1 Å². The number of phenolic OH excluding ortho intramolecular Hbond substituents is 1. The molecular formula is C31H30N4O9. The van der Waals surface area contributed by atoms with Crippen LogP contribution in [0.4, 0.5) is 11.4 Å². The molecule has 5 rings (SSSR count). The number of Topliss-reactive ketones (excluding diaryl/α,β-unsaturated/α-hetero) is 2. The number of aliphatic hydroxyl groups is 3. The first kappa shape index (κ1) is 30.3. The summed E-state index contributed by atoms with van der Waals surface area (Å²) in [6, 6.07) is 5.92. The van der Waals surface area contributed by atoms with E-state index in [-0.39, 0.29) is 35.2 Å². The molecule has 0 aliphatic heterocycles. The summed E-state index contributed by atoms with van der Waals surface area (Å²) in [4.78, 5) is 53.1. The number of likely N-dealkylation sites (N-methyl/N-ethyl adjacent to an activating group) is 1. The Morgan fingerprint density at radius 1 is 1.09 bits per heavy atom. The predicted molar refractivity (Wildman–Crippen MR) is 158 cm³/mol. The number of primary amides is 1. The molecule has 2 aromatic carbocycles. The molecule has 0 saturated heterocycles. The molecule has 0 unspecified atom stereocenters. The van der Waals surface area contributed by atoms with Crippen LogP contribution in [0.15, 0.2) is 47.2 Å². The highest BCUT2D eigenvalue weighted by Crippen LogP contribution is 2.54. The van der Waals surface area contributed by atoms with Crippen molar-refractivity contribution in [3.63, 3.8) is 0 Å². The number of ketones is 2. The SMILES string of the molecule is CN(C)c1cc(C#Cc2ccc([N+](=O)[O-])cc2)c(O)c2c1C[C@H]1C[C@H]3[C@H](N(C)C)C(=O)C(C(N)=O)=C(O)[C@@]3(O)C(=O)C1=C2O. The number of nitro benzene ring substituents is 1. The number of nitrogens with two attached hydrogens (primary N) is 1. The van der Waals surface area contributed by atoms with Crippen LogP contribution in [0.3, 0.4) is 0 Å². The van der Waals surface area contributed by atoms with Gasteiger partial charge in [0.05, 0.1) is 22.1 Å². The number of carbonyl (C=O) groups excluding carboxylic acids is 3. The highest BCUT2D eigenvalue weighted by molar-refractivity contribution is 6.24. The van der Waals surface area contributed by atoms with Crippen molar-refractivity contribution in [1.29, 1.82) is 0 Å². The zero-order chi connectivity index (χ0) is 32.4. The maximum absolute atomic E-state index is 14.1. The van der Waals surface area contributed by atoms with Gasteiger partial charge in [0.25, 0.3) is 11.6 Å². The van der Waals surface area contributed by atoms with Crippen LogP contribution in [-0.4, -0.2) is 87.6 Å². The van der Waals surface area contributed by atoms with E-state index in [1.807, 2.05) is 0 Å². The van der Waals surface area contributed by atoms with E-state index in [1.54, 1.807) is 25.1 Å². The molecule has 0 bridgehead atoms. The van der Waals surface area contributed by atoms with E-state index in [0.29, 0.717) is 16.8 Å². The van der Waals surface area contributed by atoms with E-state index in [2.05, 4.69) is 11.8 Å². The van der Waals surface area contributed by atoms with Crippen LogP contribution >= 0.6 is 0 Å². The zero-order valence-corrected chi connectivity index (χ0v) is 24.3. The van der Waals surface area contributed by atoms with Crippen molar-refractivity contribution >= 4 is 34.6 Å². The summed E-state index contributed by atoms with van der Waals surface area (Å²) in [5.41, 5.74) is 2.88. The van der Waals surface area contributed by atoms with Gasteiger partial charge in [-0.1, -0.05) is 11.8 Å². The Morgan fingerprint density at radius 2 is 1.73 bits per heavy atom. The van der Waals surface area contributed by atoms with Gasteiger partial charge in [-0.15, -0.1) is 0 Å². The van der Waals surface area contributed by atoms with Crippen molar-refractivity contribution in [3.8, 4) is 17.6 Å². The van der Waals surface area contributed by atoms with Crippen molar-refractivity contribution in [1.82, 2.24) is 4.90 Å². The summed E-state index contributed by atoms with van der Waals surface area (Å²) in [6.07, 6.45) is 0.104. The van der Waals surface area contributed by atoms with Gasteiger partial charge in [0.1, 0.15) is 22.8 Å². The molecule has 1 fully saturated rings. The predicted octanol–water partition coefficient (Wildman–Crippen LogP) is 1.34. The smallest absolute Gasteiger partial charge is 0.269 e. The molecule has 228 valence electrons. The maximum Gasteiger partial charge on any atom is 0.269 e. The third-order valence-corrected chi connectivity index (χ3v) is 8.60. The minimum atomic E-state index is -2.74. The number of carbonyl (C=O) groups is 3. The van der Waals surface area contributed by atoms with Crippen LogP contribution in [0.5, 0.6) is 5.75 Å². The first-order valence-electron chi connectivity index (χ1n) is 13.6. The average molecular weight is 603 g/mol. The van der Waals surface area contributed by atoms with E-state index in [1.165, 1.54) is 43.3 Å². The summed E-state index contributed by atoms with van der Waals surface area (Å²) in [5.74, 6) is -1.69. The van der Waals surface area contributed by atoms with E-state index in [9.17, 15) is 44.9 Å². The van der Waals surface area contributed by atoms with Crippen LogP contribution in [0.1, 0.15) is 28.7 Å². The normalized spacial score (nSPS) is 24.3. The number of aromatic hydroxyl groups is 1. The highest BCUT2D eigenvalue weighted by atomic mass is 16.6. The summed E-state index contributed by atoms with van der Waals surface area (Å²) in [5, 5.41) is 56.7. The first-order valence-corrected chi connectivity index (χ1v) is 13.6. The van der Waals surface area contributed by atoms with Crippen molar-refractivity contribution in [3.05, 3.63) is 79.6 Å². The van der Waals surface area contributed by atoms with Gasteiger partial charge >= 0.3 is 0 Å². The van der Waals surface area contributed by atoms with Crippen LogP contribution < -0.4 is 10.6 Å². The molecule has 3 aliphatic rings. The lowest BCUT2D eigenvalue weighted by Gasteiger charge is -2.50. The Balaban J connectivity index is 1.69. The number of nitro groups is 1. The largest absolute Gasteiger partial charge is 0.508 e. The van der Waals surface area contributed by atoms with Gasteiger partial charge < -0.3 is 31.1 Å². The van der Waals surface area contributed by atoms with Gasteiger partial charge in [0.2, 0.25) is 5.78 Å². The summed E-state index contributed by atoms with van der Waals surface area (Å²) >= 11 is 0. The lowest BCUT2D eigenvalue weighted by Crippen LogP contribution is -2.65. The van der Waals surface area contributed by atoms with Gasteiger partial charge in [-0.05, 0) is 56.6 Å². The number of phenols is 1. The Labute approximate surface area is 251 Å². The van der Waals surface area contributed by atoms with E-state index in [4.69, 9.17) is 5.73 Å². The van der Waals surface area contributed by atoms with Gasteiger partial charge in [0, 0.05) is 49.0 Å². The third kappa shape index (κ3) is 4.38. The van der Waals surface area contributed by atoms with Gasteiger partial charge in [0.15, 0.2) is 11.4 Å². The van der Waals surface area contributed by atoms with Gasteiger partial charge in [-0.2, -0.15) is 0 Å². The number of nitrogens with zero attached hydrogens (tertiary/aromatic N) is 3. The molecule has 2 aromatic rings. The number of amides is 1. The number of hydrogen-bond acceptors (Lipinski definition) is 11. The number of non-ortho nitro benzene ring substituents is 1. The minimum Gasteiger partial charge on any atom is -0.508 e. The Kier molecular flexibility index (Phi) is 7.23. The summed E-state index contributed by atoms with van der Waals surface area (Å²) in [6.45, 7) is 0. The Hall–Kier alpha value is -5.19. The Bertz CT molecular complexity index is 1780.